The second-order valence-electron chi connectivity index (χ2n) is 5.62. The summed E-state index contributed by atoms with van der Waals surface area (Å²) in [5.74, 6) is 0.581. The molecule has 0 aliphatic carbocycles. The van der Waals surface area contributed by atoms with Gasteiger partial charge in [0.05, 0.1) is 0 Å². The average molecular weight is 337 g/mol. The first-order chi connectivity index (χ1) is 11.7. The van der Waals surface area contributed by atoms with Crippen LogP contribution in [0.5, 0.6) is 0 Å². The Kier molecular flexibility index (Phi) is 3.86. The van der Waals surface area contributed by atoms with Gasteiger partial charge in [-0.25, -0.2) is 4.79 Å². The molecule has 4 nitrogen and oxygen atoms in total. The highest BCUT2D eigenvalue weighted by molar-refractivity contribution is 7.99. The molecule has 24 heavy (non-hydrogen) atoms. The monoisotopic (exact) mass is 337 g/mol. The number of benzene rings is 2. The molecule has 2 aromatic carbocycles. The third-order valence-electron chi connectivity index (χ3n) is 4.11. The standard InChI is InChI=1S/C19H15NO3S/c21-17(15-12-14-8-4-5-9-16(14)23-19(15)22)20-10-11-24-18(20)13-6-2-1-3-7-13/h1-9,12,18H,10-11H2. The van der Waals surface area contributed by atoms with Gasteiger partial charge in [-0.2, -0.15) is 0 Å². The van der Waals surface area contributed by atoms with Crippen molar-refractivity contribution >= 4 is 28.6 Å². The van der Waals surface area contributed by atoms with Gasteiger partial charge in [0.2, 0.25) is 0 Å². The molecule has 0 radical (unpaired) electrons. The van der Waals surface area contributed by atoms with Crippen LogP contribution in [0.1, 0.15) is 21.3 Å². The molecule has 0 spiro atoms. The van der Waals surface area contributed by atoms with E-state index in [0.717, 1.165) is 16.7 Å². The highest BCUT2D eigenvalue weighted by Crippen LogP contribution is 2.38. The van der Waals surface area contributed by atoms with Crippen LogP contribution in [0.4, 0.5) is 0 Å². The summed E-state index contributed by atoms with van der Waals surface area (Å²) in [6.45, 7) is 0.620. The summed E-state index contributed by atoms with van der Waals surface area (Å²) >= 11 is 1.71. The number of rotatable bonds is 2. The van der Waals surface area contributed by atoms with Gasteiger partial charge < -0.3 is 9.32 Å². The highest BCUT2D eigenvalue weighted by atomic mass is 32.2. The Bertz CT molecular complexity index is 951. The molecule has 0 saturated carbocycles. The van der Waals surface area contributed by atoms with Crippen LogP contribution in [0.25, 0.3) is 11.0 Å². The fourth-order valence-electron chi connectivity index (χ4n) is 2.94. The maximum Gasteiger partial charge on any atom is 0.349 e. The molecule has 0 bridgehead atoms. The van der Waals surface area contributed by atoms with Gasteiger partial charge in [-0.3, -0.25) is 4.79 Å². The molecule has 1 aliphatic rings. The number of nitrogens with zero attached hydrogens (tertiary/aromatic N) is 1. The molecule has 1 aromatic heterocycles. The Morgan fingerprint density at radius 2 is 1.83 bits per heavy atom. The van der Waals surface area contributed by atoms with Crippen molar-refractivity contribution in [2.45, 2.75) is 5.37 Å². The van der Waals surface area contributed by atoms with Crippen LogP contribution < -0.4 is 5.63 Å². The predicted molar refractivity (Wildman–Crippen MR) is 95.2 cm³/mol. The summed E-state index contributed by atoms with van der Waals surface area (Å²) in [4.78, 5) is 27.0. The Balaban J connectivity index is 1.73. The molecule has 4 rings (SSSR count). The Morgan fingerprint density at radius 1 is 1.08 bits per heavy atom. The van der Waals surface area contributed by atoms with Crippen LogP contribution in [-0.4, -0.2) is 23.1 Å². The zero-order valence-electron chi connectivity index (χ0n) is 12.8. The van der Waals surface area contributed by atoms with E-state index in [0.29, 0.717) is 12.1 Å². The van der Waals surface area contributed by atoms with Crippen LogP contribution in [0.2, 0.25) is 0 Å². The first-order valence-electron chi connectivity index (χ1n) is 7.74. The minimum absolute atomic E-state index is 0.0652. The van der Waals surface area contributed by atoms with E-state index in [1.807, 2.05) is 42.5 Å². The third-order valence-corrected chi connectivity index (χ3v) is 5.37. The topological polar surface area (TPSA) is 50.5 Å². The Hall–Kier alpha value is -2.53. The van der Waals surface area contributed by atoms with Crippen molar-refractivity contribution in [1.82, 2.24) is 4.90 Å². The number of hydrogen-bond donors (Lipinski definition) is 0. The number of carbonyl (C=O) groups excluding carboxylic acids is 1. The van der Waals surface area contributed by atoms with Crippen LogP contribution in [0, 0.1) is 0 Å². The van der Waals surface area contributed by atoms with Gasteiger partial charge >= 0.3 is 5.63 Å². The maximum absolute atomic E-state index is 12.9. The minimum Gasteiger partial charge on any atom is -0.422 e. The second kappa shape index (κ2) is 6.17. The lowest BCUT2D eigenvalue weighted by Gasteiger charge is -2.23. The van der Waals surface area contributed by atoms with Crippen molar-refractivity contribution < 1.29 is 9.21 Å². The first-order valence-corrected chi connectivity index (χ1v) is 8.79. The van der Waals surface area contributed by atoms with Gasteiger partial charge in [-0.05, 0) is 17.7 Å². The number of amides is 1. The summed E-state index contributed by atoms with van der Waals surface area (Å²) in [6, 6.07) is 18.7. The van der Waals surface area contributed by atoms with E-state index in [9.17, 15) is 9.59 Å². The lowest BCUT2D eigenvalue weighted by atomic mass is 10.1. The molecule has 1 amide bonds. The number of fused-ring (bicyclic) bond motifs is 1. The van der Waals surface area contributed by atoms with E-state index >= 15 is 0 Å². The molecule has 1 unspecified atom stereocenters. The molecule has 1 saturated heterocycles. The summed E-state index contributed by atoms with van der Waals surface area (Å²) in [5.41, 5.74) is 1.08. The molecule has 1 atom stereocenters. The number of thioether (sulfide) groups is 1. The fraction of sp³-hybridized carbons (Fsp3) is 0.158. The number of carbonyl (C=O) groups is 1. The zero-order valence-corrected chi connectivity index (χ0v) is 13.7. The second-order valence-corrected chi connectivity index (χ2v) is 6.81. The zero-order chi connectivity index (χ0) is 16.5. The van der Waals surface area contributed by atoms with Gasteiger partial charge in [-0.15, -0.1) is 11.8 Å². The van der Waals surface area contributed by atoms with Crippen LogP contribution in [0.15, 0.2) is 69.9 Å². The molecule has 3 aromatic rings. The molecule has 120 valence electrons. The van der Waals surface area contributed by atoms with Crippen LogP contribution in [0.3, 0.4) is 0 Å². The first kappa shape index (κ1) is 15.0. The molecular formula is C19H15NO3S. The van der Waals surface area contributed by atoms with Crippen molar-refractivity contribution in [1.29, 1.82) is 0 Å². The minimum atomic E-state index is -0.581. The van der Waals surface area contributed by atoms with Gasteiger partial charge in [-0.1, -0.05) is 48.5 Å². The maximum atomic E-state index is 12.9. The third kappa shape index (κ3) is 2.61. The molecule has 2 heterocycles. The molecule has 5 heteroatoms. The van der Waals surface area contributed by atoms with Gasteiger partial charge in [0, 0.05) is 17.7 Å². The van der Waals surface area contributed by atoms with E-state index in [2.05, 4.69) is 0 Å². The number of para-hydroxylation sites is 1. The van der Waals surface area contributed by atoms with E-state index in [1.165, 1.54) is 0 Å². The Morgan fingerprint density at radius 3 is 2.67 bits per heavy atom. The van der Waals surface area contributed by atoms with Crippen molar-refractivity contribution in [2.24, 2.45) is 0 Å². The molecule has 0 N–H and O–H groups in total. The smallest absolute Gasteiger partial charge is 0.349 e. The van der Waals surface area contributed by atoms with Gasteiger partial charge in [0.15, 0.2) is 0 Å². The van der Waals surface area contributed by atoms with Crippen molar-refractivity contribution in [3.63, 3.8) is 0 Å². The van der Waals surface area contributed by atoms with Crippen molar-refractivity contribution in [3.05, 3.63) is 82.2 Å². The lowest BCUT2D eigenvalue weighted by Crippen LogP contribution is -2.33. The van der Waals surface area contributed by atoms with Crippen molar-refractivity contribution in [3.8, 4) is 0 Å². The molecule has 1 aliphatic heterocycles. The molecule has 1 fully saturated rings. The molecular weight excluding hydrogens is 322 g/mol. The van der Waals surface area contributed by atoms with Crippen LogP contribution in [-0.2, 0) is 0 Å². The lowest BCUT2D eigenvalue weighted by molar-refractivity contribution is 0.0756. The average Bonchev–Trinajstić information content (AvgIpc) is 3.11. The van der Waals surface area contributed by atoms with E-state index in [4.69, 9.17) is 4.42 Å². The summed E-state index contributed by atoms with van der Waals surface area (Å²) in [5, 5.41) is 0.688. The highest BCUT2D eigenvalue weighted by Gasteiger charge is 2.32. The van der Waals surface area contributed by atoms with E-state index in [-0.39, 0.29) is 16.8 Å². The summed E-state index contributed by atoms with van der Waals surface area (Å²) < 4.78 is 5.30. The van der Waals surface area contributed by atoms with Gasteiger partial charge in [0.1, 0.15) is 16.5 Å². The number of hydrogen-bond acceptors (Lipinski definition) is 4. The Labute approximate surface area is 143 Å². The summed E-state index contributed by atoms with van der Waals surface area (Å²) in [7, 11) is 0. The van der Waals surface area contributed by atoms with E-state index in [1.54, 1.807) is 34.9 Å². The van der Waals surface area contributed by atoms with Crippen molar-refractivity contribution in [2.75, 3.05) is 12.3 Å². The van der Waals surface area contributed by atoms with Crippen LogP contribution >= 0.6 is 11.8 Å². The van der Waals surface area contributed by atoms with Gasteiger partial charge in [0.25, 0.3) is 5.91 Å². The largest absolute Gasteiger partial charge is 0.422 e. The summed E-state index contributed by atoms with van der Waals surface area (Å²) in [6.07, 6.45) is 0. The predicted octanol–water partition coefficient (Wildman–Crippen LogP) is 3.68. The fourth-order valence-corrected chi connectivity index (χ4v) is 4.19. The quantitative estimate of drug-likeness (QED) is 0.669. The normalized spacial score (nSPS) is 17.3. The van der Waals surface area contributed by atoms with E-state index < -0.39 is 5.63 Å². The SMILES string of the molecule is O=C(c1cc2ccccc2oc1=O)N1CCSC1c1ccccc1.